The fraction of sp³-hybridized carbons (Fsp3) is 0.833. The molecule has 22 heavy (non-hydrogen) atoms. The summed E-state index contributed by atoms with van der Waals surface area (Å²) in [6.45, 7) is 4.10. The number of unbranched alkanes of at least 4 members (excludes halogenated alkanes) is 6. The van der Waals surface area contributed by atoms with Gasteiger partial charge in [-0.2, -0.15) is 0 Å². The summed E-state index contributed by atoms with van der Waals surface area (Å²) in [6, 6.07) is 0. The van der Waals surface area contributed by atoms with Gasteiger partial charge in [0.2, 0.25) is 5.91 Å². The highest BCUT2D eigenvalue weighted by Gasteiger charge is 2.02. The SMILES string of the molecule is CC/C=C/CCC(=O)NCN(C)CCCCCCCCCO. The Morgan fingerprint density at radius 2 is 1.68 bits per heavy atom. The van der Waals surface area contributed by atoms with Crippen molar-refractivity contribution in [2.24, 2.45) is 0 Å². The predicted molar refractivity (Wildman–Crippen MR) is 93.7 cm³/mol. The topological polar surface area (TPSA) is 52.6 Å². The summed E-state index contributed by atoms with van der Waals surface area (Å²) in [5.41, 5.74) is 0. The van der Waals surface area contributed by atoms with Crippen LogP contribution in [0.1, 0.15) is 71.1 Å². The number of aliphatic hydroxyl groups is 1. The highest BCUT2D eigenvalue weighted by molar-refractivity contribution is 5.75. The van der Waals surface area contributed by atoms with Crippen LogP contribution in [0, 0.1) is 0 Å². The normalized spacial score (nSPS) is 11.5. The molecule has 4 heteroatoms. The Hall–Kier alpha value is -0.870. The van der Waals surface area contributed by atoms with Crippen molar-refractivity contribution < 1.29 is 9.90 Å². The quantitative estimate of drug-likeness (QED) is 0.277. The molecule has 0 atom stereocenters. The second kappa shape index (κ2) is 16.5. The summed E-state index contributed by atoms with van der Waals surface area (Å²) in [5.74, 6) is 0.136. The first-order valence-electron chi connectivity index (χ1n) is 8.91. The van der Waals surface area contributed by atoms with E-state index in [1.54, 1.807) is 0 Å². The van der Waals surface area contributed by atoms with Crippen LogP contribution in [-0.2, 0) is 4.79 Å². The summed E-state index contributed by atoms with van der Waals surface area (Å²) in [7, 11) is 2.05. The van der Waals surface area contributed by atoms with Crippen molar-refractivity contribution in [2.45, 2.75) is 71.1 Å². The fourth-order valence-corrected chi connectivity index (χ4v) is 2.27. The van der Waals surface area contributed by atoms with E-state index in [0.29, 0.717) is 19.7 Å². The molecule has 0 spiro atoms. The zero-order chi connectivity index (χ0) is 16.5. The Kier molecular flexibility index (Phi) is 15.8. The monoisotopic (exact) mass is 312 g/mol. The van der Waals surface area contributed by atoms with Crippen LogP contribution in [0.5, 0.6) is 0 Å². The molecule has 0 aliphatic carbocycles. The van der Waals surface area contributed by atoms with E-state index in [2.05, 4.69) is 36.3 Å². The minimum absolute atomic E-state index is 0.136. The first-order chi connectivity index (χ1) is 10.7. The van der Waals surface area contributed by atoms with Gasteiger partial charge in [0.05, 0.1) is 6.67 Å². The molecule has 0 bridgehead atoms. The van der Waals surface area contributed by atoms with Gasteiger partial charge in [0.1, 0.15) is 0 Å². The number of nitrogens with one attached hydrogen (secondary N) is 1. The van der Waals surface area contributed by atoms with E-state index >= 15 is 0 Å². The number of hydrogen-bond donors (Lipinski definition) is 2. The van der Waals surface area contributed by atoms with Crippen LogP contribution in [0.15, 0.2) is 12.2 Å². The molecule has 0 aliphatic heterocycles. The van der Waals surface area contributed by atoms with Crippen molar-refractivity contribution in [1.29, 1.82) is 0 Å². The maximum atomic E-state index is 11.6. The van der Waals surface area contributed by atoms with Crippen LogP contribution < -0.4 is 5.32 Å². The van der Waals surface area contributed by atoms with Crippen LogP contribution >= 0.6 is 0 Å². The average Bonchev–Trinajstić information content (AvgIpc) is 2.52. The Balaban J connectivity index is 3.36. The average molecular weight is 312 g/mol. The van der Waals surface area contributed by atoms with Crippen molar-refractivity contribution in [3.05, 3.63) is 12.2 Å². The van der Waals surface area contributed by atoms with Gasteiger partial charge in [0.15, 0.2) is 0 Å². The molecule has 0 unspecified atom stereocenters. The number of rotatable bonds is 15. The number of carbonyl (C=O) groups is 1. The molecule has 2 N–H and O–H groups in total. The number of amides is 1. The van der Waals surface area contributed by atoms with Gasteiger partial charge in [-0.1, -0.05) is 51.2 Å². The van der Waals surface area contributed by atoms with E-state index in [1.807, 2.05) is 0 Å². The van der Waals surface area contributed by atoms with Gasteiger partial charge >= 0.3 is 0 Å². The molecular weight excluding hydrogens is 276 g/mol. The number of hydrogen-bond acceptors (Lipinski definition) is 3. The Bertz CT molecular complexity index is 280. The molecule has 0 saturated carbocycles. The van der Waals surface area contributed by atoms with Crippen LogP contribution in [0.4, 0.5) is 0 Å². The standard InChI is InChI=1S/C18H36N2O2/c1-3-4-5-11-14-18(22)19-17-20(2)15-12-9-7-6-8-10-13-16-21/h4-5,21H,3,6-17H2,1-2H3,(H,19,22)/b5-4+. The van der Waals surface area contributed by atoms with E-state index < -0.39 is 0 Å². The van der Waals surface area contributed by atoms with Crippen LogP contribution in [0.2, 0.25) is 0 Å². The van der Waals surface area contributed by atoms with Crippen molar-refractivity contribution in [3.63, 3.8) is 0 Å². The predicted octanol–water partition coefficient (Wildman–Crippen LogP) is 3.46. The first-order valence-corrected chi connectivity index (χ1v) is 8.91. The molecule has 0 aromatic heterocycles. The van der Waals surface area contributed by atoms with E-state index in [1.165, 1.54) is 32.1 Å². The fourth-order valence-electron chi connectivity index (χ4n) is 2.27. The molecule has 0 fully saturated rings. The highest BCUT2D eigenvalue weighted by Crippen LogP contribution is 2.07. The second-order valence-electron chi connectivity index (χ2n) is 5.95. The van der Waals surface area contributed by atoms with Crippen molar-refractivity contribution in [1.82, 2.24) is 10.2 Å². The lowest BCUT2D eigenvalue weighted by Crippen LogP contribution is -2.35. The molecule has 0 aromatic rings. The molecule has 0 aromatic carbocycles. The van der Waals surface area contributed by atoms with Gasteiger partial charge in [-0.15, -0.1) is 0 Å². The Morgan fingerprint density at radius 1 is 1.05 bits per heavy atom. The molecule has 130 valence electrons. The number of aliphatic hydroxyl groups excluding tert-OH is 1. The molecule has 0 aliphatic rings. The van der Waals surface area contributed by atoms with Gasteiger partial charge in [0, 0.05) is 13.0 Å². The third-order valence-corrected chi connectivity index (χ3v) is 3.68. The van der Waals surface area contributed by atoms with E-state index in [-0.39, 0.29) is 5.91 Å². The molecule has 0 heterocycles. The van der Waals surface area contributed by atoms with Gasteiger partial charge in [-0.25, -0.2) is 0 Å². The molecule has 0 radical (unpaired) electrons. The summed E-state index contributed by atoms with van der Waals surface area (Å²) in [6.07, 6.45) is 14.9. The van der Waals surface area contributed by atoms with Crippen molar-refractivity contribution in [3.8, 4) is 0 Å². The van der Waals surface area contributed by atoms with E-state index in [0.717, 1.165) is 32.2 Å². The minimum Gasteiger partial charge on any atom is -0.396 e. The third-order valence-electron chi connectivity index (χ3n) is 3.68. The van der Waals surface area contributed by atoms with Crippen LogP contribution in [0.25, 0.3) is 0 Å². The Morgan fingerprint density at radius 3 is 2.32 bits per heavy atom. The summed E-state index contributed by atoms with van der Waals surface area (Å²) < 4.78 is 0. The lowest BCUT2D eigenvalue weighted by atomic mass is 10.1. The highest BCUT2D eigenvalue weighted by atomic mass is 16.2. The van der Waals surface area contributed by atoms with Gasteiger partial charge in [0.25, 0.3) is 0 Å². The number of nitrogens with zero attached hydrogens (tertiary/aromatic N) is 1. The van der Waals surface area contributed by atoms with Gasteiger partial charge in [-0.05, 0) is 39.3 Å². The summed E-state index contributed by atoms with van der Waals surface area (Å²) >= 11 is 0. The maximum absolute atomic E-state index is 11.6. The van der Waals surface area contributed by atoms with Gasteiger partial charge in [-0.3, -0.25) is 9.69 Å². The third kappa shape index (κ3) is 15.5. The maximum Gasteiger partial charge on any atom is 0.221 e. The first kappa shape index (κ1) is 21.1. The number of allylic oxidation sites excluding steroid dienone is 2. The molecule has 0 rings (SSSR count). The zero-order valence-electron chi connectivity index (χ0n) is 14.6. The molecule has 1 amide bonds. The van der Waals surface area contributed by atoms with E-state index in [4.69, 9.17) is 5.11 Å². The summed E-state index contributed by atoms with van der Waals surface area (Å²) in [4.78, 5) is 13.8. The lowest BCUT2D eigenvalue weighted by molar-refractivity contribution is -0.121. The molecular formula is C18H36N2O2. The smallest absolute Gasteiger partial charge is 0.221 e. The molecule has 4 nitrogen and oxygen atoms in total. The van der Waals surface area contributed by atoms with Crippen molar-refractivity contribution in [2.75, 3.05) is 26.9 Å². The van der Waals surface area contributed by atoms with Crippen molar-refractivity contribution >= 4 is 5.91 Å². The molecule has 0 saturated heterocycles. The Labute approximate surface area is 137 Å². The minimum atomic E-state index is 0.136. The zero-order valence-corrected chi connectivity index (χ0v) is 14.6. The summed E-state index contributed by atoms with van der Waals surface area (Å²) in [5, 5.41) is 11.7. The number of carbonyl (C=O) groups excluding carboxylic acids is 1. The van der Waals surface area contributed by atoms with Crippen LogP contribution in [0.3, 0.4) is 0 Å². The lowest BCUT2D eigenvalue weighted by Gasteiger charge is -2.17. The van der Waals surface area contributed by atoms with Crippen LogP contribution in [-0.4, -0.2) is 42.8 Å². The second-order valence-corrected chi connectivity index (χ2v) is 5.95. The van der Waals surface area contributed by atoms with E-state index in [9.17, 15) is 4.79 Å². The largest absolute Gasteiger partial charge is 0.396 e. The van der Waals surface area contributed by atoms with Gasteiger partial charge < -0.3 is 10.4 Å².